The predicted octanol–water partition coefficient (Wildman–Crippen LogP) is 3.34. The Morgan fingerprint density at radius 3 is 2.31 bits per heavy atom. The summed E-state index contributed by atoms with van der Waals surface area (Å²) in [5.41, 5.74) is 1.67. The zero-order chi connectivity index (χ0) is 25.1. The van der Waals surface area contributed by atoms with Crippen molar-refractivity contribution in [2.75, 3.05) is 10.6 Å². The van der Waals surface area contributed by atoms with E-state index >= 15 is 0 Å². The molecule has 0 saturated carbocycles. The Labute approximate surface area is 201 Å². The van der Waals surface area contributed by atoms with Crippen molar-refractivity contribution in [1.82, 2.24) is 9.36 Å². The molecular formula is C26H26N4O5. The summed E-state index contributed by atoms with van der Waals surface area (Å²) < 4.78 is 3.14. The number of aliphatic carboxylic acids is 1. The Bertz CT molecular complexity index is 1370. The van der Waals surface area contributed by atoms with Gasteiger partial charge in [-0.2, -0.15) is 0 Å². The van der Waals surface area contributed by atoms with E-state index < -0.39 is 29.6 Å². The summed E-state index contributed by atoms with van der Waals surface area (Å²) in [6.45, 7) is 1.74. The molecule has 0 bridgehead atoms. The first-order chi connectivity index (χ1) is 16.8. The molecule has 9 nitrogen and oxygen atoms in total. The third-order valence-electron chi connectivity index (χ3n) is 6.27. The van der Waals surface area contributed by atoms with Gasteiger partial charge >= 0.3 is 5.97 Å². The van der Waals surface area contributed by atoms with E-state index in [4.69, 9.17) is 0 Å². The smallest absolute Gasteiger partial charge is 0.307 e. The van der Waals surface area contributed by atoms with Crippen molar-refractivity contribution in [3.63, 3.8) is 0 Å². The van der Waals surface area contributed by atoms with E-state index in [0.717, 1.165) is 0 Å². The van der Waals surface area contributed by atoms with Gasteiger partial charge in [-0.25, -0.2) is 4.68 Å². The number of nitrogens with one attached hydrogen (secondary N) is 2. The van der Waals surface area contributed by atoms with Gasteiger partial charge in [-0.3, -0.25) is 23.9 Å². The first-order valence-electron chi connectivity index (χ1n) is 11.2. The van der Waals surface area contributed by atoms with Gasteiger partial charge in [0.05, 0.1) is 23.2 Å². The molecule has 0 spiro atoms. The number of carbonyl (C=O) groups is 3. The van der Waals surface area contributed by atoms with Crippen LogP contribution in [0.25, 0.3) is 5.69 Å². The molecule has 3 aromatic rings. The number of rotatable bonds is 6. The van der Waals surface area contributed by atoms with Crippen LogP contribution in [0.5, 0.6) is 0 Å². The molecule has 0 aliphatic heterocycles. The topological polar surface area (TPSA) is 122 Å². The Morgan fingerprint density at radius 2 is 1.63 bits per heavy atom. The maximum Gasteiger partial charge on any atom is 0.307 e. The van der Waals surface area contributed by atoms with E-state index in [1.54, 1.807) is 61.1 Å². The summed E-state index contributed by atoms with van der Waals surface area (Å²) in [5, 5.41) is 14.8. The molecule has 4 rings (SSSR count). The van der Waals surface area contributed by atoms with Crippen LogP contribution in [-0.4, -0.2) is 32.3 Å². The van der Waals surface area contributed by atoms with Crippen LogP contribution in [0.2, 0.25) is 0 Å². The lowest BCUT2D eigenvalue weighted by Crippen LogP contribution is -2.34. The minimum Gasteiger partial charge on any atom is -0.481 e. The summed E-state index contributed by atoms with van der Waals surface area (Å²) in [7, 11) is 1.74. The lowest BCUT2D eigenvalue weighted by Gasteiger charge is -2.24. The molecule has 0 unspecified atom stereocenters. The van der Waals surface area contributed by atoms with Crippen LogP contribution in [0.1, 0.15) is 28.9 Å². The number of benzene rings is 2. The molecular weight excluding hydrogens is 448 g/mol. The molecule has 35 heavy (non-hydrogen) atoms. The van der Waals surface area contributed by atoms with Crippen LogP contribution in [0, 0.1) is 18.8 Å². The van der Waals surface area contributed by atoms with E-state index in [1.165, 1.54) is 10.7 Å². The van der Waals surface area contributed by atoms with Crippen LogP contribution < -0.4 is 16.2 Å². The number of hydrogen-bond acceptors (Lipinski definition) is 4. The van der Waals surface area contributed by atoms with Crippen LogP contribution in [0.3, 0.4) is 0 Å². The van der Waals surface area contributed by atoms with Gasteiger partial charge < -0.3 is 15.7 Å². The van der Waals surface area contributed by atoms with Gasteiger partial charge in [0, 0.05) is 18.3 Å². The largest absolute Gasteiger partial charge is 0.481 e. The van der Waals surface area contributed by atoms with Crippen molar-refractivity contribution in [3.8, 4) is 5.69 Å². The molecule has 0 saturated heterocycles. The summed E-state index contributed by atoms with van der Waals surface area (Å²) in [5.74, 6) is -3.42. The normalized spacial score (nSPS) is 17.1. The maximum atomic E-state index is 13.1. The Kier molecular flexibility index (Phi) is 6.68. The fourth-order valence-corrected chi connectivity index (χ4v) is 4.25. The highest BCUT2D eigenvalue weighted by atomic mass is 16.4. The Hall–Kier alpha value is -4.40. The van der Waals surface area contributed by atoms with Gasteiger partial charge in [0.2, 0.25) is 5.91 Å². The molecule has 2 atom stereocenters. The zero-order valence-corrected chi connectivity index (χ0v) is 19.4. The molecule has 9 heteroatoms. The number of aromatic nitrogens is 2. The number of amides is 2. The molecule has 180 valence electrons. The predicted molar refractivity (Wildman–Crippen MR) is 132 cm³/mol. The minimum atomic E-state index is -1.01. The summed E-state index contributed by atoms with van der Waals surface area (Å²) in [4.78, 5) is 50.3. The van der Waals surface area contributed by atoms with Crippen molar-refractivity contribution in [3.05, 3.63) is 88.4 Å². The molecule has 1 heterocycles. The number of nitrogens with zero attached hydrogens (tertiary/aromatic N) is 2. The summed E-state index contributed by atoms with van der Waals surface area (Å²) >= 11 is 0. The van der Waals surface area contributed by atoms with Crippen molar-refractivity contribution in [2.24, 2.45) is 18.9 Å². The second-order valence-electron chi connectivity index (χ2n) is 8.45. The van der Waals surface area contributed by atoms with E-state index in [0.29, 0.717) is 29.9 Å². The number of anilines is 2. The standard InChI is InChI=1S/C26H26N4O5/c1-16-22(25(33)30(29(16)2)19-11-4-3-5-12-19)28-23(31)17-9-8-10-18(15-17)27-24(32)20-13-6-7-14-21(20)26(34)35/h3-12,15,20-21H,13-14H2,1-2H3,(H,27,32)(H,28,31)(H,34,35)/t20-,21-/m1/s1. The van der Waals surface area contributed by atoms with Gasteiger partial charge in [-0.15, -0.1) is 0 Å². The molecule has 2 aromatic carbocycles. The average Bonchev–Trinajstić information content (AvgIpc) is 3.07. The highest BCUT2D eigenvalue weighted by Crippen LogP contribution is 2.27. The maximum absolute atomic E-state index is 13.1. The van der Waals surface area contributed by atoms with Crippen molar-refractivity contribution >= 4 is 29.2 Å². The lowest BCUT2D eigenvalue weighted by molar-refractivity contribution is -0.146. The van der Waals surface area contributed by atoms with Gasteiger partial charge in [-0.05, 0) is 50.1 Å². The number of hydrogen-bond donors (Lipinski definition) is 3. The zero-order valence-electron chi connectivity index (χ0n) is 19.4. The number of carboxylic acids is 1. The van der Waals surface area contributed by atoms with Crippen LogP contribution >= 0.6 is 0 Å². The van der Waals surface area contributed by atoms with Crippen molar-refractivity contribution < 1.29 is 19.5 Å². The molecule has 3 N–H and O–H groups in total. The van der Waals surface area contributed by atoms with Gasteiger partial charge in [0.1, 0.15) is 5.69 Å². The molecule has 1 aromatic heterocycles. The third-order valence-corrected chi connectivity index (χ3v) is 6.27. The lowest BCUT2D eigenvalue weighted by atomic mass is 9.82. The monoisotopic (exact) mass is 474 g/mol. The fraction of sp³-hybridized carbons (Fsp3) is 0.231. The highest BCUT2D eigenvalue weighted by molar-refractivity contribution is 6.05. The van der Waals surface area contributed by atoms with E-state index in [-0.39, 0.29) is 16.8 Å². The molecule has 0 radical (unpaired) electrons. The number of carboxylic acid groups (broad SMARTS) is 1. The van der Waals surface area contributed by atoms with E-state index in [1.807, 2.05) is 18.2 Å². The number of carbonyl (C=O) groups excluding carboxylic acids is 2. The van der Waals surface area contributed by atoms with E-state index in [9.17, 15) is 24.3 Å². The SMILES string of the molecule is Cc1c(NC(=O)c2cccc(NC(=O)[C@@H]3CC=CC[C@H]3C(=O)O)c2)c(=O)n(-c2ccccc2)n1C. The van der Waals surface area contributed by atoms with Gasteiger partial charge in [0.25, 0.3) is 11.5 Å². The fourth-order valence-electron chi connectivity index (χ4n) is 4.25. The molecule has 1 aliphatic rings. The summed E-state index contributed by atoms with van der Waals surface area (Å²) in [6, 6.07) is 15.4. The first kappa shape index (κ1) is 23.7. The van der Waals surface area contributed by atoms with Crippen molar-refractivity contribution in [1.29, 1.82) is 0 Å². The molecule has 1 aliphatic carbocycles. The van der Waals surface area contributed by atoms with Crippen LogP contribution in [0.15, 0.2) is 71.5 Å². The minimum absolute atomic E-state index is 0.161. The average molecular weight is 475 g/mol. The third kappa shape index (κ3) is 4.79. The quantitative estimate of drug-likeness (QED) is 0.473. The second kappa shape index (κ2) is 9.84. The first-order valence-corrected chi connectivity index (χ1v) is 11.2. The van der Waals surface area contributed by atoms with Gasteiger partial charge in [-0.1, -0.05) is 36.4 Å². The molecule has 0 fully saturated rings. The van der Waals surface area contributed by atoms with Crippen molar-refractivity contribution in [2.45, 2.75) is 19.8 Å². The van der Waals surface area contributed by atoms with Crippen LogP contribution in [0.4, 0.5) is 11.4 Å². The number of para-hydroxylation sites is 1. The highest BCUT2D eigenvalue weighted by Gasteiger charge is 2.34. The Morgan fingerprint density at radius 1 is 0.943 bits per heavy atom. The van der Waals surface area contributed by atoms with Crippen LogP contribution in [-0.2, 0) is 16.6 Å². The Balaban J connectivity index is 1.53. The van der Waals surface area contributed by atoms with E-state index in [2.05, 4.69) is 10.6 Å². The van der Waals surface area contributed by atoms with Gasteiger partial charge in [0.15, 0.2) is 0 Å². The number of allylic oxidation sites excluding steroid dienone is 2. The molecule has 2 amide bonds. The summed E-state index contributed by atoms with van der Waals surface area (Å²) in [6.07, 6.45) is 4.21. The second-order valence-corrected chi connectivity index (χ2v) is 8.45.